The second-order valence-corrected chi connectivity index (χ2v) is 7.32. The first-order valence-electron chi connectivity index (χ1n) is 6.92. The molecule has 0 fully saturated rings. The molecule has 1 aromatic heterocycles. The summed E-state index contributed by atoms with van der Waals surface area (Å²) in [7, 11) is 0. The number of hydrogen-bond acceptors (Lipinski definition) is 6. The Labute approximate surface area is 158 Å². The fourth-order valence-electron chi connectivity index (χ4n) is 2.24. The molecule has 0 aliphatic rings. The quantitative estimate of drug-likeness (QED) is 0.337. The molecule has 0 radical (unpaired) electrons. The summed E-state index contributed by atoms with van der Waals surface area (Å²) in [4.78, 5) is 21.2. The summed E-state index contributed by atoms with van der Waals surface area (Å²) in [6.45, 7) is 1.89. The minimum Gasteiger partial charge on any atom is -0.355 e. The van der Waals surface area contributed by atoms with Crippen LogP contribution in [0.3, 0.4) is 0 Å². The summed E-state index contributed by atoms with van der Waals surface area (Å²) in [5, 5.41) is 20.4. The fraction of sp³-hybridized carbons (Fsp3) is 0.0667. The molecule has 3 aromatic rings. The molecular formula is C15H10FIN4O3S. The Morgan fingerprint density at radius 3 is 2.68 bits per heavy atom. The van der Waals surface area contributed by atoms with Crippen LogP contribution in [0.2, 0.25) is 0 Å². The highest BCUT2D eigenvalue weighted by atomic mass is 127. The molecule has 0 atom stereocenters. The molecule has 128 valence electrons. The SMILES string of the molecule is Cc1cc(I)ccc1Nc1cc(F)c([N+](=O)[O-])cc1-c1n[nH]c(=O)s1. The van der Waals surface area contributed by atoms with Gasteiger partial charge >= 0.3 is 10.6 Å². The first-order valence-corrected chi connectivity index (χ1v) is 8.81. The number of H-pyrrole nitrogens is 1. The van der Waals surface area contributed by atoms with E-state index in [0.717, 1.165) is 38.3 Å². The summed E-state index contributed by atoms with van der Waals surface area (Å²) in [6, 6.07) is 7.76. The highest BCUT2D eigenvalue weighted by Gasteiger charge is 2.21. The number of aromatic nitrogens is 2. The maximum absolute atomic E-state index is 14.1. The van der Waals surface area contributed by atoms with E-state index in [1.54, 1.807) is 0 Å². The van der Waals surface area contributed by atoms with Crippen molar-refractivity contribution >= 4 is 51.0 Å². The van der Waals surface area contributed by atoms with Gasteiger partial charge in [0.05, 0.1) is 10.6 Å². The van der Waals surface area contributed by atoms with Gasteiger partial charge in [0.25, 0.3) is 0 Å². The molecule has 0 aliphatic heterocycles. The minimum absolute atomic E-state index is 0.235. The first-order chi connectivity index (χ1) is 11.8. The molecule has 0 amide bonds. The van der Waals surface area contributed by atoms with Crippen LogP contribution in [0.4, 0.5) is 21.5 Å². The van der Waals surface area contributed by atoms with Crippen molar-refractivity contribution in [3.63, 3.8) is 0 Å². The Kier molecular flexibility index (Phi) is 4.81. The van der Waals surface area contributed by atoms with Crippen molar-refractivity contribution in [3.8, 4) is 10.6 Å². The number of rotatable bonds is 4. The lowest BCUT2D eigenvalue weighted by Gasteiger charge is -2.13. The molecule has 0 aliphatic carbocycles. The number of hydrogen-bond donors (Lipinski definition) is 2. The zero-order chi connectivity index (χ0) is 18.1. The molecule has 0 bridgehead atoms. The number of nitrogens with one attached hydrogen (secondary N) is 2. The average Bonchev–Trinajstić information content (AvgIpc) is 2.96. The Morgan fingerprint density at radius 1 is 1.32 bits per heavy atom. The standard InChI is InChI=1S/C15H10FIN4O3S/c1-7-4-8(17)2-3-11(7)18-12-6-10(16)13(21(23)24)5-9(12)14-19-20-15(22)25-14/h2-6,18H,1H3,(H,20,22). The normalized spacial score (nSPS) is 10.7. The number of halogens is 2. The Bertz CT molecular complexity index is 1030. The van der Waals surface area contributed by atoms with Gasteiger partial charge in [-0.2, -0.15) is 9.49 Å². The third-order valence-corrected chi connectivity index (χ3v) is 4.86. The molecule has 1 heterocycles. The Hall–Kier alpha value is -2.34. The number of anilines is 2. The van der Waals surface area contributed by atoms with Gasteiger partial charge in [-0.15, -0.1) is 0 Å². The molecule has 0 spiro atoms. The lowest BCUT2D eigenvalue weighted by molar-refractivity contribution is -0.387. The number of nitro benzene ring substituents is 1. The molecular weight excluding hydrogens is 462 g/mol. The van der Waals surface area contributed by atoms with Crippen LogP contribution < -0.4 is 10.2 Å². The van der Waals surface area contributed by atoms with Crippen molar-refractivity contribution in [1.29, 1.82) is 0 Å². The summed E-state index contributed by atoms with van der Waals surface area (Å²) in [5.41, 5.74) is 1.52. The van der Waals surface area contributed by atoms with Crippen LogP contribution in [-0.4, -0.2) is 15.1 Å². The predicted octanol–water partition coefficient (Wildman–Crippen LogP) is 4.20. The molecule has 3 rings (SSSR count). The zero-order valence-electron chi connectivity index (χ0n) is 12.7. The van der Waals surface area contributed by atoms with Crippen molar-refractivity contribution in [1.82, 2.24) is 10.2 Å². The summed E-state index contributed by atoms with van der Waals surface area (Å²) >= 11 is 2.97. The Morgan fingerprint density at radius 2 is 2.08 bits per heavy atom. The topological polar surface area (TPSA) is 101 Å². The molecule has 0 unspecified atom stereocenters. The van der Waals surface area contributed by atoms with E-state index < -0.39 is 21.3 Å². The first kappa shape index (κ1) is 17.5. The van der Waals surface area contributed by atoms with E-state index >= 15 is 0 Å². The van der Waals surface area contributed by atoms with Crippen LogP contribution in [0.5, 0.6) is 0 Å². The van der Waals surface area contributed by atoms with Gasteiger partial charge in [-0.1, -0.05) is 11.3 Å². The molecule has 7 nitrogen and oxygen atoms in total. The van der Waals surface area contributed by atoms with E-state index in [-0.39, 0.29) is 16.3 Å². The van der Waals surface area contributed by atoms with Gasteiger partial charge in [-0.3, -0.25) is 14.9 Å². The predicted molar refractivity (Wildman–Crippen MR) is 102 cm³/mol. The van der Waals surface area contributed by atoms with E-state index in [4.69, 9.17) is 0 Å². The van der Waals surface area contributed by atoms with E-state index in [0.29, 0.717) is 0 Å². The molecule has 2 N–H and O–H groups in total. The zero-order valence-corrected chi connectivity index (χ0v) is 15.6. The average molecular weight is 472 g/mol. The molecule has 2 aromatic carbocycles. The van der Waals surface area contributed by atoms with Crippen LogP contribution >= 0.6 is 33.9 Å². The maximum atomic E-state index is 14.1. The van der Waals surface area contributed by atoms with Crippen molar-refractivity contribution < 1.29 is 9.31 Å². The lowest BCUT2D eigenvalue weighted by atomic mass is 10.1. The van der Waals surface area contributed by atoms with Gasteiger partial charge in [0.2, 0.25) is 5.82 Å². The van der Waals surface area contributed by atoms with Crippen LogP contribution in [0, 0.1) is 26.4 Å². The Balaban J connectivity index is 2.15. The van der Waals surface area contributed by atoms with Crippen molar-refractivity contribution in [3.05, 3.63) is 65.1 Å². The minimum atomic E-state index is -0.970. The van der Waals surface area contributed by atoms with E-state index in [2.05, 4.69) is 38.1 Å². The maximum Gasteiger partial charge on any atom is 0.322 e. The highest BCUT2D eigenvalue weighted by Crippen LogP contribution is 2.36. The molecule has 10 heteroatoms. The lowest BCUT2D eigenvalue weighted by Crippen LogP contribution is -2.00. The second-order valence-electron chi connectivity index (χ2n) is 5.11. The van der Waals surface area contributed by atoms with Crippen molar-refractivity contribution in [2.75, 3.05) is 5.32 Å². The van der Waals surface area contributed by atoms with Gasteiger partial charge in [-0.05, 0) is 53.3 Å². The number of nitrogens with zero attached hydrogens (tertiary/aromatic N) is 2. The second kappa shape index (κ2) is 6.88. The third-order valence-electron chi connectivity index (χ3n) is 3.41. The summed E-state index contributed by atoms with van der Waals surface area (Å²) < 4.78 is 15.1. The van der Waals surface area contributed by atoms with Gasteiger partial charge in [0.15, 0.2) is 5.01 Å². The van der Waals surface area contributed by atoms with E-state index in [9.17, 15) is 19.3 Å². The van der Waals surface area contributed by atoms with Crippen LogP contribution in [0.25, 0.3) is 10.6 Å². The number of benzene rings is 2. The van der Waals surface area contributed by atoms with Gasteiger partial charge in [0, 0.05) is 27.0 Å². The largest absolute Gasteiger partial charge is 0.355 e. The molecule has 0 saturated heterocycles. The smallest absolute Gasteiger partial charge is 0.322 e. The number of nitro groups is 1. The van der Waals surface area contributed by atoms with Gasteiger partial charge in [0.1, 0.15) is 0 Å². The van der Waals surface area contributed by atoms with E-state index in [1.807, 2.05) is 25.1 Å². The third kappa shape index (κ3) is 3.69. The van der Waals surface area contributed by atoms with Gasteiger partial charge in [-0.25, -0.2) is 5.10 Å². The van der Waals surface area contributed by atoms with Crippen molar-refractivity contribution in [2.45, 2.75) is 6.92 Å². The summed E-state index contributed by atoms with van der Waals surface area (Å²) in [5.74, 6) is -0.970. The van der Waals surface area contributed by atoms with Crippen LogP contribution in [-0.2, 0) is 0 Å². The fourth-order valence-corrected chi connectivity index (χ4v) is 3.52. The van der Waals surface area contributed by atoms with Crippen LogP contribution in [0.1, 0.15) is 5.56 Å². The van der Waals surface area contributed by atoms with Crippen molar-refractivity contribution in [2.24, 2.45) is 0 Å². The summed E-state index contributed by atoms with van der Waals surface area (Å²) in [6.07, 6.45) is 0. The number of aryl methyl sites for hydroxylation is 1. The highest BCUT2D eigenvalue weighted by molar-refractivity contribution is 14.1. The monoisotopic (exact) mass is 472 g/mol. The number of aromatic amines is 1. The van der Waals surface area contributed by atoms with E-state index in [1.165, 1.54) is 0 Å². The van der Waals surface area contributed by atoms with Crippen LogP contribution in [0.15, 0.2) is 35.1 Å². The van der Waals surface area contributed by atoms with Gasteiger partial charge < -0.3 is 5.32 Å². The molecule has 0 saturated carbocycles. The molecule has 25 heavy (non-hydrogen) atoms.